The van der Waals surface area contributed by atoms with Crippen molar-refractivity contribution in [2.45, 2.75) is 18.5 Å². The van der Waals surface area contributed by atoms with Crippen molar-refractivity contribution in [2.24, 2.45) is 0 Å². The Bertz CT molecular complexity index is 191. The van der Waals surface area contributed by atoms with E-state index in [1.807, 2.05) is 0 Å². The van der Waals surface area contributed by atoms with E-state index < -0.39 is 19.2 Å². The molecule has 0 saturated carbocycles. The highest BCUT2D eigenvalue weighted by molar-refractivity contribution is 7.53. The molecular weight excluding hydrogens is 191 g/mol. The third kappa shape index (κ3) is 1.91. The fourth-order valence-corrected chi connectivity index (χ4v) is 0.767. The maximum atomic E-state index is 11.9. The van der Waals surface area contributed by atoms with Gasteiger partial charge in [0, 0.05) is 6.92 Å². The second-order valence-electron chi connectivity index (χ2n) is 1.97. The molecule has 0 rings (SSSR count). The maximum Gasteiger partial charge on any atom is 0.406 e. The van der Waals surface area contributed by atoms with Crippen LogP contribution < -0.4 is 0 Å². The second-order valence-corrected chi connectivity index (χ2v) is 3.62. The first-order chi connectivity index (χ1) is 4.50. The SMILES string of the molecule is CC(F)(F)C(F)(F)P(=O)(O)O. The van der Waals surface area contributed by atoms with Crippen molar-refractivity contribution in [3.05, 3.63) is 0 Å². The number of alkyl halides is 4. The molecule has 2 N–H and O–H groups in total. The van der Waals surface area contributed by atoms with Gasteiger partial charge in [0.25, 0.3) is 0 Å². The highest BCUT2D eigenvalue weighted by atomic mass is 31.2. The Morgan fingerprint density at radius 3 is 1.45 bits per heavy atom. The fourth-order valence-electron chi connectivity index (χ4n) is 0.256. The van der Waals surface area contributed by atoms with E-state index in [1.54, 1.807) is 0 Å². The van der Waals surface area contributed by atoms with Gasteiger partial charge in [0.15, 0.2) is 0 Å². The van der Waals surface area contributed by atoms with Crippen molar-refractivity contribution in [3.8, 4) is 0 Å². The first-order valence-corrected chi connectivity index (χ1v) is 3.92. The average Bonchev–Trinajstić information content (AvgIpc) is 1.58. The predicted molar refractivity (Wildman–Crippen MR) is 27.6 cm³/mol. The van der Waals surface area contributed by atoms with Gasteiger partial charge in [-0.05, 0) is 0 Å². The average molecular weight is 196 g/mol. The fraction of sp³-hybridized carbons (Fsp3) is 1.00. The van der Waals surface area contributed by atoms with Gasteiger partial charge < -0.3 is 9.79 Å². The first-order valence-electron chi connectivity index (χ1n) is 2.31. The number of halogens is 4. The molecule has 8 heteroatoms. The van der Waals surface area contributed by atoms with E-state index >= 15 is 0 Å². The van der Waals surface area contributed by atoms with Gasteiger partial charge >= 0.3 is 19.2 Å². The van der Waals surface area contributed by atoms with Crippen molar-refractivity contribution in [2.75, 3.05) is 0 Å². The zero-order chi connectivity index (χ0) is 9.50. The highest BCUT2D eigenvalue weighted by Gasteiger charge is 2.65. The molecule has 0 fully saturated rings. The van der Waals surface area contributed by atoms with Gasteiger partial charge in [-0.1, -0.05) is 0 Å². The van der Waals surface area contributed by atoms with E-state index in [1.165, 1.54) is 0 Å². The number of hydrogen-bond donors (Lipinski definition) is 2. The lowest BCUT2D eigenvalue weighted by Crippen LogP contribution is -2.37. The molecule has 11 heavy (non-hydrogen) atoms. The summed E-state index contributed by atoms with van der Waals surface area (Å²) in [4.78, 5) is 15.5. The van der Waals surface area contributed by atoms with Crippen LogP contribution in [0.2, 0.25) is 0 Å². The zero-order valence-electron chi connectivity index (χ0n) is 5.26. The molecule has 68 valence electrons. The van der Waals surface area contributed by atoms with Crippen LogP contribution in [0, 0.1) is 0 Å². The molecule has 0 aromatic rings. The lowest BCUT2D eigenvalue weighted by atomic mass is 10.4. The van der Waals surface area contributed by atoms with E-state index in [0.29, 0.717) is 0 Å². The molecule has 0 unspecified atom stereocenters. The van der Waals surface area contributed by atoms with Crippen LogP contribution in [0.5, 0.6) is 0 Å². The monoisotopic (exact) mass is 196 g/mol. The van der Waals surface area contributed by atoms with E-state index in [-0.39, 0.29) is 6.92 Å². The summed E-state index contributed by atoms with van der Waals surface area (Å²) in [5.74, 6) is -4.72. The van der Waals surface area contributed by atoms with Crippen molar-refractivity contribution in [3.63, 3.8) is 0 Å². The van der Waals surface area contributed by atoms with Gasteiger partial charge in [-0.2, -0.15) is 17.6 Å². The molecule has 0 aliphatic heterocycles. The summed E-state index contributed by atoms with van der Waals surface area (Å²) in [6.45, 7) is -0.258. The van der Waals surface area contributed by atoms with Crippen LogP contribution >= 0.6 is 7.60 Å². The summed E-state index contributed by atoms with van der Waals surface area (Å²) in [6, 6.07) is 0. The van der Waals surface area contributed by atoms with Crippen LogP contribution in [-0.2, 0) is 4.57 Å². The van der Waals surface area contributed by atoms with Crippen LogP contribution in [0.1, 0.15) is 6.92 Å². The minimum atomic E-state index is -6.07. The summed E-state index contributed by atoms with van der Waals surface area (Å²) in [7, 11) is -6.07. The van der Waals surface area contributed by atoms with Gasteiger partial charge in [0.2, 0.25) is 0 Å². The third-order valence-corrected chi connectivity index (χ3v) is 2.02. The van der Waals surface area contributed by atoms with Crippen molar-refractivity contribution < 1.29 is 31.9 Å². The summed E-state index contributed by atoms with van der Waals surface area (Å²) >= 11 is 0. The molecule has 0 atom stereocenters. The molecule has 0 aromatic carbocycles. The van der Waals surface area contributed by atoms with E-state index in [4.69, 9.17) is 9.79 Å². The molecular formula is C3H5F4O3P. The molecule has 0 spiro atoms. The minimum Gasteiger partial charge on any atom is -0.320 e. The highest BCUT2D eigenvalue weighted by Crippen LogP contribution is 2.59. The van der Waals surface area contributed by atoms with Gasteiger partial charge in [-0.15, -0.1) is 0 Å². The molecule has 0 aliphatic carbocycles. The Balaban J connectivity index is 4.91. The van der Waals surface area contributed by atoms with Crippen molar-refractivity contribution in [1.82, 2.24) is 0 Å². The maximum absolute atomic E-state index is 11.9. The van der Waals surface area contributed by atoms with E-state index in [0.717, 1.165) is 0 Å². The quantitative estimate of drug-likeness (QED) is 0.518. The van der Waals surface area contributed by atoms with E-state index in [9.17, 15) is 22.1 Å². The zero-order valence-corrected chi connectivity index (χ0v) is 6.16. The Hall–Kier alpha value is -0.130. The van der Waals surface area contributed by atoms with Crippen molar-refractivity contribution >= 4 is 7.60 Å². The van der Waals surface area contributed by atoms with Crippen LogP contribution in [-0.4, -0.2) is 21.4 Å². The van der Waals surface area contributed by atoms with Gasteiger partial charge in [0.1, 0.15) is 0 Å². The normalized spacial score (nSPS) is 15.2. The van der Waals surface area contributed by atoms with Gasteiger partial charge in [-0.3, -0.25) is 4.57 Å². The molecule has 0 bridgehead atoms. The Kier molecular flexibility index (Phi) is 2.40. The lowest BCUT2D eigenvalue weighted by Gasteiger charge is -2.23. The van der Waals surface area contributed by atoms with Crippen LogP contribution in [0.4, 0.5) is 17.6 Å². The summed E-state index contributed by atoms with van der Waals surface area (Å²) in [5.41, 5.74) is -5.29. The first kappa shape index (κ1) is 10.9. The smallest absolute Gasteiger partial charge is 0.320 e. The topological polar surface area (TPSA) is 57.5 Å². The van der Waals surface area contributed by atoms with Crippen LogP contribution in [0.3, 0.4) is 0 Å². The summed E-state index contributed by atoms with van der Waals surface area (Å²) < 4.78 is 57.1. The van der Waals surface area contributed by atoms with Gasteiger partial charge in [0.05, 0.1) is 0 Å². The second kappa shape index (κ2) is 2.43. The lowest BCUT2D eigenvalue weighted by molar-refractivity contribution is -0.154. The molecule has 0 amide bonds. The predicted octanol–water partition coefficient (Wildman–Crippen LogP) is 1.41. The molecule has 0 aromatic heterocycles. The molecule has 0 radical (unpaired) electrons. The summed E-state index contributed by atoms with van der Waals surface area (Å²) in [6.07, 6.45) is 0. The largest absolute Gasteiger partial charge is 0.406 e. The molecule has 0 aliphatic rings. The third-order valence-electron chi connectivity index (χ3n) is 0.894. The molecule has 0 heterocycles. The molecule has 3 nitrogen and oxygen atoms in total. The Morgan fingerprint density at radius 1 is 1.18 bits per heavy atom. The van der Waals surface area contributed by atoms with Crippen molar-refractivity contribution in [1.29, 1.82) is 0 Å². The number of hydrogen-bond acceptors (Lipinski definition) is 1. The van der Waals surface area contributed by atoms with Crippen LogP contribution in [0.25, 0.3) is 0 Å². The van der Waals surface area contributed by atoms with Gasteiger partial charge in [-0.25, -0.2) is 0 Å². The Labute approximate surface area is 59.2 Å². The number of rotatable bonds is 2. The standard InChI is InChI=1S/C3H5F4O3P/c1-2(4,5)3(6,7)11(8,9)10/h1H3,(H2,8,9,10). The van der Waals surface area contributed by atoms with Crippen LogP contribution in [0.15, 0.2) is 0 Å². The molecule has 0 saturated heterocycles. The minimum absolute atomic E-state index is 0.258. The Morgan fingerprint density at radius 2 is 1.45 bits per heavy atom. The summed E-state index contributed by atoms with van der Waals surface area (Å²) in [5, 5.41) is 0. The van der Waals surface area contributed by atoms with E-state index in [2.05, 4.69) is 0 Å².